The molecule has 32 heavy (non-hydrogen) atoms. The van der Waals surface area contributed by atoms with Gasteiger partial charge in [0.05, 0.1) is 10.7 Å². The lowest BCUT2D eigenvalue weighted by Crippen LogP contribution is -2.24. The second kappa shape index (κ2) is 9.23. The minimum atomic E-state index is -0.613. The fraction of sp³-hybridized carbons (Fsp3) is 0.217. The predicted octanol–water partition coefficient (Wildman–Crippen LogP) is 4.48. The Morgan fingerprint density at radius 3 is 2.59 bits per heavy atom. The molecule has 2 aromatic carbocycles. The summed E-state index contributed by atoms with van der Waals surface area (Å²) in [7, 11) is 0. The van der Waals surface area contributed by atoms with E-state index in [4.69, 9.17) is 17.3 Å². The predicted molar refractivity (Wildman–Crippen MR) is 126 cm³/mol. The number of hydrogen-bond donors (Lipinski definition) is 3. The number of hydrogen-bond acceptors (Lipinski definition) is 6. The van der Waals surface area contributed by atoms with Crippen molar-refractivity contribution in [2.45, 2.75) is 19.8 Å². The van der Waals surface area contributed by atoms with Crippen LogP contribution >= 0.6 is 11.6 Å². The summed E-state index contributed by atoms with van der Waals surface area (Å²) in [6.07, 6.45) is 3.21. The van der Waals surface area contributed by atoms with Crippen LogP contribution in [0.2, 0.25) is 5.02 Å². The van der Waals surface area contributed by atoms with Crippen molar-refractivity contribution in [3.8, 4) is 0 Å². The number of para-hydroxylation sites is 1. The van der Waals surface area contributed by atoms with E-state index in [1.165, 1.54) is 6.20 Å². The Morgan fingerprint density at radius 2 is 1.94 bits per heavy atom. The van der Waals surface area contributed by atoms with Crippen molar-refractivity contribution >= 4 is 52.2 Å². The zero-order valence-corrected chi connectivity index (χ0v) is 18.3. The molecule has 9 heteroatoms. The molecule has 0 radical (unpaired) electrons. The normalized spacial score (nSPS) is 12.8. The number of rotatable bonds is 8. The van der Waals surface area contributed by atoms with Crippen molar-refractivity contribution in [1.82, 2.24) is 9.97 Å². The van der Waals surface area contributed by atoms with Gasteiger partial charge in [-0.05, 0) is 50.1 Å². The molecule has 8 nitrogen and oxygen atoms in total. The van der Waals surface area contributed by atoms with Crippen LogP contribution in [-0.4, -0.2) is 28.3 Å². The molecular formula is C23H23ClN6O2. The smallest absolute Gasteiger partial charge is 0.254 e. The van der Waals surface area contributed by atoms with Crippen molar-refractivity contribution in [1.29, 1.82) is 0 Å². The maximum atomic E-state index is 12.1. The Labute approximate surface area is 190 Å². The summed E-state index contributed by atoms with van der Waals surface area (Å²) in [5.74, 6) is 0.0985. The molecule has 0 aliphatic heterocycles. The van der Waals surface area contributed by atoms with Gasteiger partial charge in [-0.3, -0.25) is 9.59 Å². The lowest BCUT2D eigenvalue weighted by atomic mass is 10.2. The van der Waals surface area contributed by atoms with E-state index in [0.717, 1.165) is 18.5 Å². The minimum Gasteiger partial charge on any atom is -0.365 e. The molecule has 2 amide bonds. The molecule has 1 fully saturated rings. The van der Waals surface area contributed by atoms with Crippen molar-refractivity contribution in [2.24, 2.45) is 11.7 Å². The minimum absolute atomic E-state index is 0.0325. The van der Waals surface area contributed by atoms with Gasteiger partial charge in [-0.15, -0.1) is 0 Å². The number of nitrogens with zero attached hydrogens (tertiary/aromatic N) is 3. The number of benzene rings is 2. The quantitative estimate of drug-likeness (QED) is 0.466. The molecular weight excluding hydrogens is 428 g/mol. The molecule has 164 valence electrons. The van der Waals surface area contributed by atoms with Gasteiger partial charge in [0, 0.05) is 30.0 Å². The molecule has 0 unspecified atom stereocenters. The van der Waals surface area contributed by atoms with Gasteiger partial charge < -0.3 is 21.3 Å². The first-order valence-electron chi connectivity index (χ1n) is 10.3. The summed E-state index contributed by atoms with van der Waals surface area (Å²) in [5, 5.41) is 6.42. The van der Waals surface area contributed by atoms with Crippen molar-refractivity contribution in [2.75, 3.05) is 22.1 Å². The van der Waals surface area contributed by atoms with Crippen molar-refractivity contribution in [3.05, 3.63) is 65.3 Å². The van der Waals surface area contributed by atoms with Crippen LogP contribution in [0.4, 0.5) is 28.8 Å². The number of amides is 2. The summed E-state index contributed by atoms with van der Waals surface area (Å²) in [6, 6.07) is 14.8. The van der Waals surface area contributed by atoms with Gasteiger partial charge in [-0.1, -0.05) is 29.8 Å². The Hall–Kier alpha value is -3.65. The SMILES string of the molecule is CCN(c1ccccc1)c1nc(Nc2ccc(Cl)c(NC(=O)C3CC3)c2)ncc1C(N)=O. The van der Waals surface area contributed by atoms with Gasteiger partial charge in [0.25, 0.3) is 5.91 Å². The first-order chi connectivity index (χ1) is 15.5. The molecule has 4 rings (SSSR count). The largest absolute Gasteiger partial charge is 0.365 e. The molecule has 1 saturated carbocycles. The monoisotopic (exact) mass is 450 g/mol. The summed E-state index contributed by atoms with van der Waals surface area (Å²) < 4.78 is 0. The molecule has 0 bridgehead atoms. The third-order valence-electron chi connectivity index (χ3n) is 5.10. The second-order valence-electron chi connectivity index (χ2n) is 7.46. The zero-order valence-electron chi connectivity index (χ0n) is 17.5. The number of primary amides is 1. The Morgan fingerprint density at radius 1 is 1.19 bits per heavy atom. The van der Waals surface area contributed by atoms with Crippen LogP contribution in [0.1, 0.15) is 30.1 Å². The summed E-state index contributed by atoms with van der Waals surface area (Å²) in [6.45, 7) is 2.53. The van der Waals surface area contributed by atoms with Gasteiger partial charge in [-0.2, -0.15) is 4.98 Å². The number of nitrogens with two attached hydrogens (primary N) is 1. The molecule has 4 N–H and O–H groups in total. The number of carbonyl (C=O) groups is 2. The number of carbonyl (C=O) groups excluding carboxylic acids is 2. The molecule has 0 saturated heterocycles. The molecule has 1 aliphatic carbocycles. The van der Waals surface area contributed by atoms with Crippen LogP contribution in [0, 0.1) is 5.92 Å². The summed E-state index contributed by atoms with van der Waals surface area (Å²) in [5.41, 5.74) is 7.83. The van der Waals surface area contributed by atoms with E-state index < -0.39 is 5.91 Å². The maximum Gasteiger partial charge on any atom is 0.254 e. The second-order valence-corrected chi connectivity index (χ2v) is 7.87. The van der Waals surface area contributed by atoms with Crippen LogP contribution in [-0.2, 0) is 4.79 Å². The highest BCUT2D eigenvalue weighted by Crippen LogP contribution is 2.33. The lowest BCUT2D eigenvalue weighted by molar-refractivity contribution is -0.117. The molecule has 1 aliphatic rings. The third kappa shape index (κ3) is 4.81. The molecule has 1 heterocycles. The number of aromatic nitrogens is 2. The Balaban J connectivity index is 1.64. The van der Waals surface area contributed by atoms with E-state index in [-0.39, 0.29) is 23.3 Å². The van der Waals surface area contributed by atoms with E-state index in [1.54, 1.807) is 18.2 Å². The molecule has 0 spiro atoms. The van der Waals surface area contributed by atoms with E-state index in [0.29, 0.717) is 28.8 Å². The highest BCUT2D eigenvalue weighted by atomic mass is 35.5. The zero-order chi connectivity index (χ0) is 22.7. The average molecular weight is 451 g/mol. The van der Waals surface area contributed by atoms with Gasteiger partial charge in [0.1, 0.15) is 5.56 Å². The fourth-order valence-corrected chi connectivity index (χ4v) is 3.45. The first-order valence-corrected chi connectivity index (χ1v) is 10.7. The highest BCUT2D eigenvalue weighted by Gasteiger charge is 2.30. The standard InChI is InChI=1S/C23H23ClN6O2/c1-2-30(16-6-4-3-5-7-16)21-17(20(25)31)13-26-23(29-21)27-15-10-11-18(24)19(12-15)28-22(32)14-8-9-14/h3-7,10-14H,2,8-9H2,1H3,(H2,25,31)(H,28,32)(H,26,27,29). The Bertz CT molecular complexity index is 1150. The van der Waals surface area contributed by atoms with Gasteiger partial charge >= 0.3 is 0 Å². The van der Waals surface area contributed by atoms with Crippen molar-refractivity contribution in [3.63, 3.8) is 0 Å². The number of anilines is 5. The summed E-state index contributed by atoms with van der Waals surface area (Å²) in [4.78, 5) is 34.9. The lowest BCUT2D eigenvalue weighted by Gasteiger charge is -2.24. The molecule has 1 aromatic heterocycles. The molecule has 3 aromatic rings. The van der Waals surface area contributed by atoms with Crippen LogP contribution in [0.25, 0.3) is 0 Å². The first kappa shape index (κ1) is 21.6. The topological polar surface area (TPSA) is 113 Å². The van der Waals surface area contributed by atoms with Crippen LogP contribution < -0.4 is 21.3 Å². The van der Waals surface area contributed by atoms with E-state index in [9.17, 15) is 9.59 Å². The molecule has 0 atom stereocenters. The van der Waals surface area contributed by atoms with Crippen LogP contribution in [0.5, 0.6) is 0 Å². The van der Waals surface area contributed by atoms with Crippen LogP contribution in [0.15, 0.2) is 54.7 Å². The van der Waals surface area contributed by atoms with Gasteiger partial charge in [0.15, 0.2) is 5.82 Å². The highest BCUT2D eigenvalue weighted by molar-refractivity contribution is 6.33. The Kier molecular flexibility index (Phi) is 6.23. The number of halogens is 1. The van der Waals surface area contributed by atoms with Gasteiger partial charge in [0.2, 0.25) is 11.9 Å². The third-order valence-corrected chi connectivity index (χ3v) is 5.43. The summed E-state index contributed by atoms with van der Waals surface area (Å²) >= 11 is 6.25. The fourth-order valence-electron chi connectivity index (χ4n) is 3.28. The van der Waals surface area contributed by atoms with E-state index >= 15 is 0 Å². The maximum absolute atomic E-state index is 12.1. The van der Waals surface area contributed by atoms with E-state index in [1.807, 2.05) is 42.2 Å². The van der Waals surface area contributed by atoms with Gasteiger partial charge in [-0.25, -0.2) is 4.98 Å². The average Bonchev–Trinajstić information content (AvgIpc) is 3.63. The van der Waals surface area contributed by atoms with E-state index in [2.05, 4.69) is 20.6 Å². The number of nitrogens with one attached hydrogen (secondary N) is 2. The van der Waals surface area contributed by atoms with Crippen LogP contribution in [0.3, 0.4) is 0 Å². The van der Waals surface area contributed by atoms with Crippen molar-refractivity contribution < 1.29 is 9.59 Å².